The molecule has 0 aliphatic carbocycles. The van der Waals surface area contributed by atoms with E-state index in [9.17, 15) is 58.5 Å². The van der Waals surface area contributed by atoms with E-state index in [2.05, 4.69) is 46.9 Å². The van der Waals surface area contributed by atoms with Crippen LogP contribution in [-0.4, -0.2) is 151 Å². The molecule has 8 atom stereocenters. The fourth-order valence-electron chi connectivity index (χ4n) is 8.13. The van der Waals surface area contributed by atoms with E-state index in [4.69, 9.17) is 17.2 Å². The quantitative estimate of drug-likeness (QED) is 0.0219. The Morgan fingerprint density at radius 3 is 1.85 bits per heavy atom. The lowest BCUT2D eigenvalue weighted by atomic mass is 9.98. The minimum atomic E-state index is -1.56. The molecule has 2 heterocycles. The molecule has 0 spiro atoms. The number of hydrogen-bond donors (Lipinski definition) is 13. The normalized spacial score (nSPS) is 16.0. The standard InChI is InChI=1S/C49H69N13O12/c1-26(2)39(60-41(65)33(12-8-18-54-49(51)52)56-38(64)23-32(50)47(71)72)44(68)57-34(20-29-14-16-31(63)17-15-29)42(66)61-40(27(3)4)45(69)58-35(22-30-24-53-25-55-30)46(70)62-19-9-13-37(62)43(67)59-36(48(73)74)21-28-10-6-5-7-11-28/h5-7,10-11,14-17,24-27,32-37,39-40,63H,8-9,12-13,18-23,50H2,1-4H3,(H,53,55)(H,56,64)(H,57,68)(H,58,69)(H,59,67)(H,60,65)(H,61,66)(H,71,72)(H,73,74)(H4,51,52,54)/t32-,33-,34-,35-,36-,37-,39-,40-/m0/s1. The van der Waals surface area contributed by atoms with Crippen molar-refractivity contribution in [3.05, 3.63) is 83.9 Å². The summed E-state index contributed by atoms with van der Waals surface area (Å²) in [7, 11) is 0. The second kappa shape index (κ2) is 28.2. The summed E-state index contributed by atoms with van der Waals surface area (Å²) in [6.45, 7) is 6.72. The number of aliphatic imine (C=N–C) groups is 1. The number of nitrogens with one attached hydrogen (secondary N) is 7. The van der Waals surface area contributed by atoms with Crippen LogP contribution < -0.4 is 49.1 Å². The second-order valence-electron chi connectivity index (χ2n) is 18.7. The van der Waals surface area contributed by atoms with Crippen molar-refractivity contribution in [2.24, 2.45) is 34.0 Å². The number of imidazole rings is 1. The molecule has 0 unspecified atom stereocenters. The third-order valence-electron chi connectivity index (χ3n) is 12.2. The average Bonchev–Trinajstić information content (AvgIpc) is 4.06. The Labute approximate surface area is 427 Å². The third-order valence-corrected chi connectivity index (χ3v) is 12.2. The molecular formula is C49H69N13O12. The Bertz CT molecular complexity index is 2430. The number of hydrogen-bond acceptors (Lipinski definition) is 13. The van der Waals surface area contributed by atoms with E-state index in [0.29, 0.717) is 23.2 Å². The molecule has 0 bridgehead atoms. The number of phenols is 1. The Kier molecular flexibility index (Phi) is 22.3. The van der Waals surface area contributed by atoms with Gasteiger partial charge in [0.05, 0.1) is 12.7 Å². The van der Waals surface area contributed by atoms with E-state index in [1.807, 2.05) is 0 Å². The van der Waals surface area contributed by atoms with Gasteiger partial charge in [-0.05, 0) is 60.8 Å². The van der Waals surface area contributed by atoms with Gasteiger partial charge in [0.2, 0.25) is 41.4 Å². The maximum Gasteiger partial charge on any atom is 0.326 e. The summed E-state index contributed by atoms with van der Waals surface area (Å²) < 4.78 is 0. The number of likely N-dealkylation sites (tertiary alicyclic amines) is 1. The Hall–Kier alpha value is -8.09. The Balaban J connectivity index is 1.56. The van der Waals surface area contributed by atoms with Crippen molar-refractivity contribution >= 4 is 59.2 Å². The van der Waals surface area contributed by atoms with Crippen LogP contribution in [0, 0.1) is 11.8 Å². The number of nitrogens with two attached hydrogens (primary N) is 3. The van der Waals surface area contributed by atoms with Crippen molar-refractivity contribution in [3.8, 4) is 5.75 Å². The molecule has 7 amide bonds. The molecule has 16 N–H and O–H groups in total. The summed E-state index contributed by atoms with van der Waals surface area (Å²) in [5, 5.41) is 45.0. The number of aromatic amines is 1. The lowest BCUT2D eigenvalue weighted by molar-refractivity contribution is -0.145. The number of nitrogens with zero attached hydrogens (tertiary/aromatic N) is 3. The van der Waals surface area contributed by atoms with Gasteiger partial charge in [0, 0.05) is 44.2 Å². The van der Waals surface area contributed by atoms with Gasteiger partial charge in [-0.3, -0.25) is 43.3 Å². The topological polar surface area (TPSA) is 409 Å². The highest BCUT2D eigenvalue weighted by molar-refractivity contribution is 5.98. The predicted molar refractivity (Wildman–Crippen MR) is 268 cm³/mol. The highest BCUT2D eigenvalue weighted by Crippen LogP contribution is 2.21. The summed E-state index contributed by atoms with van der Waals surface area (Å²) in [6.07, 6.45) is 2.66. The van der Waals surface area contributed by atoms with Crippen molar-refractivity contribution < 1.29 is 58.5 Å². The first-order valence-corrected chi connectivity index (χ1v) is 24.2. The van der Waals surface area contributed by atoms with Crippen LogP contribution in [-0.2, 0) is 62.4 Å². The SMILES string of the molecule is CC(C)[C@H](NC(=O)[C@H](CCCN=C(N)N)NC(=O)C[C@H](N)C(=O)O)C(=O)N[C@@H](Cc1ccc(O)cc1)C(=O)N[C@H](C(=O)N[C@@H](Cc1cnc[nH]1)C(=O)N1CCC[C@H]1C(=O)N[C@@H](Cc1ccccc1)C(=O)O)C(C)C. The zero-order chi connectivity index (χ0) is 54.6. The van der Waals surface area contributed by atoms with Crippen molar-refractivity contribution in [1.82, 2.24) is 46.8 Å². The fraction of sp³-hybridized carbons (Fsp3) is 0.490. The number of benzene rings is 2. The largest absolute Gasteiger partial charge is 0.508 e. The van der Waals surface area contributed by atoms with Crippen LogP contribution in [0.4, 0.5) is 0 Å². The minimum Gasteiger partial charge on any atom is -0.508 e. The zero-order valence-corrected chi connectivity index (χ0v) is 41.8. The molecule has 25 nitrogen and oxygen atoms in total. The number of aromatic hydroxyl groups is 1. The van der Waals surface area contributed by atoms with E-state index in [-0.39, 0.29) is 63.3 Å². The number of rotatable bonds is 28. The molecule has 1 aliphatic heterocycles. The first kappa shape index (κ1) is 58.5. The monoisotopic (exact) mass is 1030 g/mol. The number of carbonyl (C=O) groups excluding carboxylic acids is 7. The first-order valence-electron chi connectivity index (χ1n) is 24.2. The molecule has 2 aromatic carbocycles. The number of carboxylic acid groups (broad SMARTS) is 2. The highest BCUT2D eigenvalue weighted by Gasteiger charge is 2.41. The summed E-state index contributed by atoms with van der Waals surface area (Å²) in [4.78, 5) is 134. The van der Waals surface area contributed by atoms with Gasteiger partial charge in [-0.2, -0.15) is 0 Å². The van der Waals surface area contributed by atoms with Crippen LogP contribution in [0.3, 0.4) is 0 Å². The van der Waals surface area contributed by atoms with Gasteiger partial charge in [0.25, 0.3) is 0 Å². The van der Waals surface area contributed by atoms with E-state index in [1.165, 1.54) is 41.7 Å². The van der Waals surface area contributed by atoms with Crippen molar-refractivity contribution in [2.45, 2.75) is 127 Å². The van der Waals surface area contributed by atoms with Crippen LogP contribution in [0.15, 0.2) is 72.1 Å². The predicted octanol–water partition coefficient (Wildman–Crippen LogP) is -1.70. The molecule has 4 rings (SSSR count). The summed E-state index contributed by atoms with van der Waals surface area (Å²) in [5.41, 5.74) is 18.0. The average molecular weight is 1030 g/mol. The Morgan fingerprint density at radius 2 is 1.30 bits per heavy atom. The van der Waals surface area contributed by atoms with Crippen molar-refractivity contribution in [3.63, 3.8) is 0 Å². The Morgan fingerprint density at radius 1 is 0.716 bits per heavy atom. The van der Waals surface area contributed by atoms with Crippen molar-refractivity contribution in [1.29, 1.82) is 0 Å². The van der Waals surface area contributed by atoms with E-state index >= 15 is 0 Å². The number of guanidine groups is 1. The number of amides is 7. The molecule has 25 heteroatoms. The van der Waals surface area contributed by atoms with Gasteiger partial charge in [-0.1, -0.05) is 70.2 Å². The number of carboxylic acids is 2. The van der Waals surface area contributed by atoms with Gasteiger partial charge < -0.3 is 74.3 Å². The maximum atomic E-state index is 14.5. The lowest BCUT2D eigenvalue weighted by Gasteiger charge is -2.31. The molecule has 1 saturated heterocycles. The number of H-pyrrole nitrogens is 1. The second-order valence-corrected chi connectivity index (χ2v) is 18.7. The molecule has 1 aromatic heterocycles. The molecule has 0 saturated carbocycles. The first-order chi connectivity index (χ1) is 35.0. The van der Waals surface area contributed by atoms with Crippen molar-refractivity contribution in [2.75, 3.05) is 13.1 Å². The summed E-state index contributed by atoms with van der Waals surface area (Å²) >= 11 is 0. The maximum absolute atomic E-state index is 14.5. The van der Waals surface area contributed by atoms with Gasteiger partial charge >= 0.3 is 11.9 Å². The molecule has 1 fully saturated rings. The molecular weight excluding hydrogens is 963 g/mol. The lowest BCUT2D eigenvalue weighted by Crippen LogP contribution is -2.61. The molecule has 0 radical (unpaired) electrons. The zero-order valence-electron chi connectivity index (χ0n) is 41.8. The van der Waals surface area contributed by atoms with Crippen LogP contribution >= 0.6 is 0 Å². The van der Waals surface area contributed by atoms with Gasteiger partial charge in [-0.15, -0.1) is 0 Å². The van der Waals surface area contributed by atoms with Crippen LogP contribution in [0.25, 0.3) is 0 Å². The van der Waals surface area contributed by atoms with E-state index in [0.717, 1.165) is 0 Å². The number of aliphatic carboxylic acids is 2. The number of carbonyl (C=O) groups is 9. The highest BCUT2D eigenvalue weighted by atomic mass is 16.4. The van der Waals surface area contributed by atoms with E-state index < -0.39 is 120 Å². The van der Waals surface area contributed by atoms with Crippen LogP contribution in [0.5, 0.6) is 5.75 Å². The molecule has 1 aliphatic rings. The smallest absolute Gasteiger partial charge is 0.326 e. The molecule has 402 valence electrons. The van der Waals surface area contributed by atoms with E-state index in [1.54, 1.807) is 58.0 Å². The minimum absolute atomic E-state index is 0.00220. The summed E-state index contributed by atoms with van der Waals surface area (Å²) in [6, 6.07) is 3.91. The van der Waals surface area contributed by atoms with Gasteiger partial charge in [0.15, 0.2) is 5.96 Å². The van der Waals surface area contributed by atoms with Gasteiger partial charge in [0.1, 0.15) is 54.1 Å². The van der Waals surface area contributed by atoms with Crippen LogP contribution in [0.2, 0.25) is 0 Å². The molecule has 3 aromatic rings. The van der Waals surface area contributed by atoms with Crippen LogP contribution in [0.1, 0.15) is 76.6 Å². The molecule has 74 heavy (non-hydrogen) atoms. The number of aromatic nitrogens is 2. The van der Waals surface area contributed by atoms with Gasteiger partial charge in [-0.25, -0.2) is 9.78 Å². The number of phenolic OH excluding ortho intramolecular Hbond substituents is 1. The third kappa shape index (κ3) is 18.2. The summed E-state index contributed by atoms with van der Waals surface area (Å²) in [5.74, 6) is -9.70. The fourth-order valence-corrected chi connectivity index (χ4v) is 8.13.